The summed E-state index contributed by atoms with van der Waals surface area (Å²) in [6, 6.07) is 11.4. The van der Waals surface area contributed by atoms with E-state index in [9.17, 15) is 4.79 Å². The van der Waals surface area contributed by atoms with Gasteiger partial charge in [-0.15, -0.1) is 0 Å². The lowest BCUT2D eigenvalue weighted by molar-refractivity contribution is -0.134. The number of carbonyl (C=O) groups excluding carboxylic acids is 1. The highest BCUT2D eigenvalue weighted by Crippen LogP contribution is 2.17. The van der Waals surface area contributed by atoms with Gasteiger partial charge in [0.2, 0.25) is 5.91 Å². The van der Waals surface area contributed by atoms with Crippen molar-refractivity contribution in [1.29, 1.82) is 0 Å². The molecule has 0 aliphatic carbocycles. The molecule has 0 fully saturated rings. The second-order valence-electron chi connectivity index (χ2n) is 18.4. The second kappa shape index (κ2) is 37.7. The molecular weight excluding hydrogens is 673 g/mol. The summed E-state index contributed by atoms with van der Waals surface area (Å²) in [5.74, 6) is 1.95. The molecule has 2 unspecified atom stereocenters. The van der Waals surface area contributed by atoms with Crippen LogP contribution < -0.4 is 16.4 Å². The summed E-state index contributed by atoms with van der Waals surface area (Å²) < 4.78 is 0. The normalized spacial score (nSPS) is 12.5. The third-order valence-corrected chi connectivity index (χ3v) is 9.57. The molecule has 4 N–H and O–H groups in total. The Labute approximate surface area is 348 Å². The Kier molecular flexibility index (Phi) is 42.7. The maximum atomic E-state index is 11.3. The minimum atomic E-state index is 0.234. The summed E-state index contributed by atoms with van der Waals surface area (Å²) >= 11 is 0. The lowest BCUT2D eigenvalue weighted by Gasteiger charge is -2.30. The fourth-order valence-corrected chi connectivity index (χ4v) is 4.70. The summed E-state index contributed by atoms with van der Waals surface area (Å²) in [4.78, 5) is 13.2. The lowest BCUT2D eigenvalue weighted by Crippen LogP contribution is -2.41. The van der Waals surface area contributed by atoms with Crippen molar-refractivity contribution in [2.45, 2.75) is 254 Å². The van der Waals surface area contributed by atoms with E-state index in [-0.39, 0.29) is 11.9 Å². The highest BCUT2D eigenvalue weighted by Gasteiger charge is 2.17. The molecule has 0 aliphatic rings. The van der Waals surface area contributed by atoms with E-state index in [0.717, 1.165) is 18.3 Å². The Morgan fingerprint density at radius 1 is 0.673 bits per heavy atom. The van der Waals surface area contributed by atoms with E-state index in [1.54, 1.807) is 11.1 Å². The fourth-order valence-electron chi connectivity index (χ4n) is 4.70. The number of hydrogen-bond donors (Lipinski definition) is 3. The number of nitrogens with zero attached hydrogens (tertiary/aromatic N) is 1. The lowest BCUT2D eigenvalue weighted by atomic mass is 9.94. The number of anilines is 1. The first-order valence-corrected chi connectivity index (χ1v) is 22.5. The molecule has 1 rings (SSSR count). The molecule has 0 heterocycles. The van der Waals surface area contributed by atoms with Gasteiger partial charge < -0.3 is 21.3 Å². The Balaban J connectivity index is -0.000000192. The van der Waals surface area contributed by atoms with Crippen molar-refractivity contribution in [2.75, 3.05) is 5.32 Å². The standard InChI is InChI=1S/C15H26N2.C9H19NO.C8H16.C6H15N.2C6H14/c1-4-6-14(5-2)17-15-9-7-13(8-10-15)11-12(3)16;1-6-9(11)10(7(2)3)8(4)5;1-5-7(3)8(4)6-2;1-5(2)7-6(3)4;1-5-6(2,3)4;1-5(2)6(3)4/h7-10,12,14,17H,4-6,11,16H2,1-3H3;7-8H,6H2,1-5H3;5-6H2,1-4H3;5-7H,1-4H3;5H2,1-4H3;5-6H,1-4H3/b;;8-7-;;;. The summed E-state index contributed by atoms with van der Waals surface area (Å²) in [6.45, 7) is 51.9. The van der Waals surface area contributed by atoms with Crippen molar-refractivity contribution in [2.24, 2.45) is 23.0 Å². The third kappa shape index (κ3) is 44.7. The first kappa shape index (κ1) is 62.3. The molecule has 0 bridgehead atoms. The van der Waals surface area contributed by atoms with Crippen LogP contribution in [-0.2, 0) is 11.2 Å². The first-order chi connectivity index (χ1) is 25.2. The smallest absolute Gasteiger partial charge is 0.222 e. The van der Waals surface area contributed by atoms with Crippen molar-refractivity contribution >= 4 is 11.6 Å². The van der Waals surface area contributed by atoms with Gasteiger partial charge in [-0.1, -0.05) is 154 Å². The monoisotopic (exact) mass is 777 g/mol. The largest absolute Gasteiger partial charge is 0.382 e. The second-order valence-corrected chi connectivity index (χ2v) is 18.4. The van der Waals surface area contributed by atoms with Crippen LogP contribution in [0.1, 0.15) is 217 Å². The number of allylic oxidation sites excluding steroid dienone is 2. The number of nitrogens with two attached hydrogens (primary N) is 1. The van der Waals surface area contributed by atoms with Crippen molar-refractivity contribution in [3.63, 3.8) is 0 Å². The van der Waals surface area contributed by atoms with Crippen molar-refractivity contribution in [1.82, 2.24) is 10.2 Å². The van der Waals surface area contributed by atoms with E-state index in [4.69, 9.17) is 5.73 Å². The molecule has 0 saturated carbocycles. The van der Waals surface area contributed by atoms with Gasteiger partial charge >= 0.3 is 0 Å². The van der Waals surface area contributed by atoms with Crippen LogP contribution in [-0.4, -0.2) is 47.1 Å². The van der Waals surface area contributed by atoms with Gasteiger partial charge in [0.1, 0.15) is 0 Å². The van der Waals surface area contributed by atoms with E-state index in [1.807, 2.05) is 46.4 Å². The summed E-state index contributed by atoms with van der Waals surface area (Å²) in [5, 5.41) is 6.88. The van der Waals surface area contributed by atoms with Gasteiger partial charge in [0.25, 0.3) is 0 Å². The zero-order chi connectivity index (χ0) is 44.5. The van der Waals surface area contributed by atoms with Crippen LogP contribution in [0.3, 0.4) is 0 Å². The Hall–Kier alpha value is -1.85. The van der Waals surface area contributed by atoms with Crippen molar-refractivity contribution in [3.05, 3.63) is 41.0 Å². The molecule has 330 valence electrons. The van der Waals surface area contributed by atoms with Gasteiger partial charge in [-0.05, 0) is 116 Å². The predicted molar refractivity (Wildman–Crippen MR) is 256 cm³/mol. The van der Waals surface area contributed by atoms with Crippen LogP contribution >= 0.6 is 0 Å². The van der Waals surface area contributed by atoms with Crippen LogP contribution in [0, 0.1) is 17.3 Å². The van der Waals surface area contributed by atoms with E-state index in [1.165, 1.54) is 49.8 Å². The number of amides is 1. The maximum absolute atomic E-state index is 11.3. The molecule has 1 aromatic rings. The number of carbonyl (C=O) groups is 1. The van der Waals surface area contributed by atoms with E-state index < -0.39 is 0 Å². The van der Waals surface area contributed by atoms with E-state index in [2.05, 4.69) is 160 Å². The van der Waals surface area contributed by atoms with Crippen LogP contribution in [0.5, 0.6) is 0 Å². The molecule has 0 aromatic heterocycles. The quantitative estimate of drug-likeness (QED) is 0.155. The topological polar surface area (TPSA) is 70.4 Å². The fraction of sp³-hybridized carbons (Fsp3) is 0.820. The van der Waals surface area contributed by atoms with Crippen molar-refractivity contribution in [3.8, 4) is 0 Å². The molecule has 1 amide bonds. The van der Waals surface area contributed by atoms with Crippen LogP contribution in [0.15, 0.2) is 35.4 Å². The predicted octanol–water partition coefficient (Wildman–Crippen LogP) is 14.9. The number of nitrogens with one attached hydrogen (secondary N) is 2. The molecule has 55 heavy (non-hydrogen) atoms. The van der Waals surface area contributed by atoms with Gasteiger partial charge in [-0.3, -0.25) is 4.79 Å². The molecule has 5 heteroatoms. The number of hydrogen-bond acceptors (Lipinski definition) is 4. The zero-order valence-corrected chi connectivity index (χ0v) is 42.0. The molecule has 0 aliphatic heterocycles. The molecule has 0 saturated heterocycles. The highest BCUT2D eigenvalue weighted by molar-refractivity contribution is 5.76. The SMILES string of the molecule is CC(C)C(C)C.CC(C)NC(C)C.CC/C(C)=C(/C)CC.CCC(=O)N(C(C)C)C(C)C.CCC(C)(C)C.CCCC(CC)Nc1ccc(CC(C)N)cc1. The molecule has 5 nitrogen and oxygen atoms in total. The van der Waals surface area contributed by atoms with Gasteiger partial charge in [0, 0.05) is 48.4 Å². The van der Waals surface area contributed by atoms with Gasteiger partial charge in [0.15, 0.2) is 0 Å². The maximum Gasteiger partial charge on any atom is 0.222 e. The average Bonchev–Trinajstić information content (AvgIpc) is 3.07. The summed E-state index contributed by atoms with van der Waals surface area (Å²) in [6.07, 6.45) is 8.89. The van der Waals surface area contributed by atoms with Crippen LogP contribution in [0.4, 0.5) is 5.69 Å². The molecule has 0 spiro atoms. The molecule has 1 aromatic carbocycles. The minimum Gasteiger partial charge on any atom is -0.382 e. The Bertz CT molecular complexity index is 966. The molecule has 0 radical (unpaired) electrons. The third-order valence-electron chi connectivity index (χ3n) is 9.57. The highest BCUT2D eigenvalue weighted by atomic mass is 16.2. The van der Waals surface area contributed by atoms with Gasteiger partial charge in [-0.2, -0.15) is 0 Å². The molecule has 2 atom stereocenters. The summed E-state index contributed by atoms with van der Waals surface area (Å²) in [7, 11) is 0. The zero-order valence-electron chi connectivity index (χ0n) is 42.0. The minimum absolute atomic E-state index is 0.234. The number of rotatable bonds is 15. The van der Waals surface area contributed by atoms with E-state index in [0.29, 0.717) is 42.0 Å². The average molecular weight is 777 g/mol. The van der Waals surface area contributed by atoms with Crippen molar-refractivity contribution < 1.29 is 4.79 Å². The summed E-state index contributed by atoms with van der Waals surface area (Å²) in [5.41, 5.74) is 12.0. The molecular formula is C50H104N4O. The first-order valence-electron chi connectivity index (χ1n) is 22.5. The van der Waals surface area contributed by atoms with Gasteiger partial charge in [-0.25, -0.2) is 0 Å². The van der Waals surface area contributed by atoms with E-state index >= 15 is 0 Å². The van der Waals surface area contributed by atoms with Gasteiger partial charge in [0.05, 0.1) is 0 Å². The Morgan fingerprint density at radius 3 is 1.24 bits per heavy atom. The van der Waals surface area contributed by atoms with Crippen LogP contribution in [0.25, 0.3) is 0 Å². The number of benzene rings is 1. The Morgan fingerprint density at radius 2 is 1.05 bits per heavy atom. The van der Waals surface area contributed by atoms with Crippen LogP contribution in [0.2, 0.25) is 0 Å².